The molecule has 0 bridgehead atoms. The van der Waals surface area contributed by atoms with Crippen LogP contribution in [-0.2, 0) is 65.4 Å². The Morgan fingerprint density at radius 1 is 0.250 bits per heavy atom. The van der Waals surface area contributed by atoms with E-state index in [0.717, 1.165) is 95.8 Å². The van der Waals surface area contributed by atoms with E-state index in [1.54, 1.807) is 0 Å². The summed E-state index contributed by atoms with van der Waals surface area (Å²) in [5, 5.41) is 10.7. The first-order chi connectivity index (χ1) is 54.6. The van der Waals surface area contributed by atoms with Crippen LogP contribution in [0.3, 0.4) is 0 Å². The molecule has 17 nitrogen and oxygen atoms in total. The topological polar surface area (TPSA) is 237 Å². The van der Waals surface area contributed by atoms with Gasteiger partial charge < -0.3 is 33.8 Å². The average Bonchev–Trinajstić information content (AvgIpc) is 0.901. The third kappa shape index (κ3) is 84.5. The van der Waals surface area contributed by atoms with Crippen LogP contribution in [0.5, 0.6) is 0 Å². The van der Waals surface area contributed by atoms with Gasteiger partial charge in [0, 0.05) is 25.7 Å². The van der Waals surface area contributed by atoms with Crippen molar-refractivity contribution in [1.29, 1.82) is 0 Å². The molecule has 6 atom stereocenters. The minimum absolute atomic E-state index is 0.109. The fourth-order valence-electron chi connectivity index (χ4n) is 14.7. The summed E-state index contributed by atoms with van der Waals surface area (Å²) in [5.74, 6) is -1.22. The first kappa shape index (κ1) is 110. The van der Waals surface area contributed by atoms with Gasteiger partial charge in [-0.25, -0.2) is 9.13 Å². The molecule has 0 amide bonds. The van der Waals surface area contributed by atoms with Gasteiger partial charge in [0.2, 0.25) is 0 Å². The smallest absolute Gasteiger partial charge is 0.462 e. The Morgan fingerprint density at radius 3 is 0.634 bits per heavy atom. The van der Waals surface area contributed by atoms with E-state index in [4.69, 9.17) is 37.0 Å². The molecule has 112 heavy (non-hydrogen) atoms. The summed E-state index contributed by atoms with van der Waals surface area (Å²) < 4.78 is 69.0. The van der Waals surface area contributed by atoms with Gasteiger partial charge in [0.25, 0.3) is 0 Å². The van der Waals surface area contributed by atoms with Crippen LogP contribution in [0.2, 0.25) is 0 Å². The number of carbonyl (C=O) groups is 4. The standard InChI is InChI=1S/C93H182O17P2/c1-6-10-13-16-19-22-24-26-28-30-32-34-36-41-45-49-53-57-62-67-72-77-91(96)104-83-89(110-93(98)79-74-69-64-59-55-51-47-43-39-38-40-44-48-52-56-60-65-70-75-86(5)9-4)85-108-112(101,102)106-81-87(94)80-105-111(99,100)107-84-88(82-103-90(95)76-71-66-61-21-18-15-12-8-3)109-92(97)78-73-68-63-58-54-50-46-42-37-35-33-31-29-27-25-23-20-17-14-11-7-2/h86-89,94H,6-85H2,1-5H3,(H,99,100)(H,101,102)/t86?,87-,88+,89+/m0/s1. The first-order valence-corrected chi connectivity index (χ1v) is 51.2. The zero-order valence-corrected chi connectivity index (χ0v) is 75.6. The third-order valence-electron chi connectivity index (χ3n) is 22.4. The molecule has 0 saturated heterocycles. The molecule has 666 valence electrons. The highest BCUT2D eigenvalue weighted by molar-refractivity contribution is 7.47. The van der Waals surface area contributed by atoms with E-state index in [1.165, 1.54) is 334 Å². The summed E-state index contributed by atoms with van der Waals surface area (Å²) in [6.07, 6.45) is 82.3. The van der Waals surface area contributed by atoms with E-state index in [1.807, 2.05) is 0 Å². The number of unbranched alkanes of at least 4 members (excludes halogenated alkanes) is 64. The Balaban J connectivity index is 5.16. The van der Waals surface area contributed by atoms with Crippen LogP contribution in [0.4, 0.5) is 0 Å². The molecular weight excluding hydrogens is 1450 g/mol. The van der Waals surface area contributed by atoms with Crippen LogP contribution in [0, 0.1) is 5.92 Å². The van der Waals surface area contributed by atoms with Gasteiger partial charge >= 0.3 is 39.5 Å². The van der Waals surface area contributed by atoms with Crippen molar-refractivity contribution in [3.8, 4) is 0 Å². The lowest BCUT2D eigenvalue weighted by molar-refractivity contribution is -0.161. The van der Waals surface area contributed by atoms with Gasteiger partial charge in [-0.05, 0) is 31.6 Å². The number of aliphatic hydroxyl groups is 1. The van der Waals surface area contributed by atoms with Crippen LogP contribution in [-0.4, -0.2) is 96.7 Å². The Morgan fingerprint density at radius 2 is 0.429 bits per heavy atom. The third-order valence-corrected chi connectivity index (χ3v) is 24.3. The maximum Gasteiger partial charge on any atom is 0.472 e. The molecule has 0 spiro atoms. The Hall–Kier alpha value is -1.94. The number of carbonyl (C=O) groups excluding carboxylic acids is 4. The van der Waals surface area contributed by atoms with Crippen LogP contribution >= 0.6 is 15.6 Å². The zero-order valence-electron chi connectivity index (χ0n) is 73.8. The number of phosphoric acid groups is 2. The number of rotatable bonds is 93. The van der Waals surface area contributed by atoms with Crippen molar-refractivity contribution in [2.24, 2.45) is 5.92 Å². The molecule has 0 aromatic heterocycles. The molecule has 0 rings (SSSR count). The van der Waals surface area contributed by atoms with Gasteiger partial charge in [0.1, 0.15) is 19.3 Å². The second-order valence-corrected chi connectivity index (χ2v) is 36.6. The molecular formula is C93H182O17P2. The Bertz CT molecular complexity index is 2120. The summed E-state index contributed by atoms with van der Waals surface area (Å²) in [6, 6.07) is 0. The fourth-order valence-corrected chi connectivity index (χ4v) is 16.3. The Kier molecular flexibility index (Phi) is 84.0. The van der Waals surface area contributed by atoms with Crippen molar-refractivity contribution in [3.63, 3.8) is 0 Å². The van der Waals surface area contributed by atoms with Gasteiger partial charge in [-0.3, -0.25) is 37.3 Å². The minimum atomic E-state index is -4.97. The van der Waals surface area contributed by atoms with Crippen LogP contribution in [0.25, 0.3) is 0 Å². The zero-order chi connectivity index (χ0) is 81.8. The van der Waals surface area contributed by atoms with E-state index in [2.05, 4.69) is 34.6 Å². The maximum absolute atomic E-state index is 13.2. The minimum Gasteiger partial charge on any atom is -0.462 e. The van der Waals surface area contributed by atoms with Crippen LogP contribution in [0.1, 0.15) is 510 Å². The van der Waals surface area contributed by atoms with Crippen molar-refractivity contribution in [3.05, 3.63) is 0 Å². The summed E-state index contributed by atoms with van der Waals surface area (Å²) in [5.41, 5.74) is 0. The molecule has 3 N–H and O–H groups in total. The summed E-state index contributed by atoms with van der Waals surface area (Å²) >= 11 is 0. The van der Waals surface area contributed by atoms with Crippen LogP contribution < -0.4 is 0 Å². The SMILES string of the molecule is CCCCCCCCCCCCCCCCCCCCCCCC(=O)OC[C@H](COP(=O)(O)OC[C@@H](O)COP(=O)(O)OC[C@@H](COC(=O)CCCCCCCCCC)OC(=O)CCCCCCCCCCCCCCCCCCCCCCC)OC(=O)CCCCCCCCCCCCCCCCCCCCC(C)CC. The van der Waals surface area contributed by atoms with Crippen molar-refractivity contribution in [2.45, 2.75) is 528 Å². The second kappa shape index (κ2) is 85.5. The predicted molar refractivity (Wildman–Crippen MR) is 465 cm³/mol. The number of aliphatic hydroxyl groups excluding tert-OH is 1. The van der Waals surface area contributed by atoms with Gasteiger partial charge in [-0.2, -0.15) is 0 Å². The van der Waals surface area contributed by atoms with Crippen molar-refractivity contribution < 1.29 is 80.2 Å². The lowest BCUT2D eigenvalue weighted by Crippen LogP contribution is -2.30. The largest absolute Gasteiger partial charge is 0.472 e. The molecule has 0 aliphatic rings. The molecule has 0 aromatic carbocycles. The predicted octanol–water partition coefficient (Wildman–Crippen LogP) is 29.1. The molecule has 0 heterocycles. The van der Waals surface area contributed by atoms with Gasteiger partial charge in [0.05, 0.1) is 26.4 Å². The molecule has 0 aliphatic carbocycles. The van der Waals surface area contributed by atoms with E-state index in [9.17, 15) is 43.2 Å². The van der Waals surface area contributed by atoms with Crippen molar-refractivity contribution >= 4 is 39.5 Å². The highest BCUT2D eigenvalue weighted by Crippen LogP contribution is 2.45. The van der Waals surface area contributed by atoms with E-state index in [0.29, 0.717) is 25.7 Å². The number of hydrogen-bond donors (Lipinski definition) is 3. The lowest BCUT2D eigenvalue weighted by Gasteiger charge is -2.21. The fraction of sp³-hybridized carbons (Fsp3) is 0.957. The average molecular weight is 1630 g/mol. The second-order valence-electron chi connectivity index (χ2n) is 33.6. The van der Waals surface area contributed by atoms with Crippen LogP contribution in [0.15, 0.2) is 0 Å². The summed E-state index contributed by atoms with van der Waals surface area (Å²) in [6.45, 7) is 7.44. The summed E-state index contributed by atoms with van der Waals surface area (Å²) in [4.78, 5) is 73.3. The highest BCUT2D eigenvalue weighted by Gasteiger charge is 2.31. The van der Waals surface area contributed by atoms with Gasteiger partial charge in [-0.1, -0.05) is 458 Å². The molecule has 0 radical (unpaired) electrons. The van der Waals surface area contributed by atoms with Gasteiger partial charge in [0.15, 0.2) is 12.2 Å². The van der Waals surface area contributed by atoms with Crippen molar-refractivity contribution in [1.82, 2.24) is 0 Å². The van der Waals surface area contributed by atoms with Crippen molar-refractivity contribution in [2.75, 3.05) is 39.6 Å². The normalized spacial score (nSPS) is 13.9. The first-order valence-electron chi connectivity index (χ1n) is 48.2. The molecule has 3 unspecified atom stereocenters. The quantitative estimate of drug-likeness (QED) is 0.0222. The lowest BCUT2D eigenvalue weighted by atomic mass is 9.99. The molecule has 0 aliphatic heterocycles. The van der Waals surface area contributed by atoms with E-state index < -0.39 is 97.5 Å². The molecule has 0 aromatic rings. The Labute approximate surface area is 689 Å². The molecule has 19 heteroatoms. The molecule has 0 saturated carbocycles. The maximum atomic E-state index is 13.2. The van der Waals surface area contributed by atoms with E-state index >= 15 is 0 Å². The summed E-state index contributed by atoms with van der Waals surface area (Å²) in [7, 11) is -9.93. The number of ether oxygens (including phenoxy) is 4. The number of phosphoric ester groups is 2. The monoisotopic (exact) mass is 1630 g/mol. The van der Waals surface area contributed by atoms with E-state index in [-0.39, 0.29) is 25.7 Å². The highest BCUT2D eigenvalue weighted by atomic mass is 31.2. The molecule has 0 fully saturated rings. The van der Waals surface area contributed by atoms with Gasteiger partial charge in [-0.15, -0.1) is 0 Å². The number of esters is 4. The number of hydrogen-bond acceptors (Lipinski definition) is 15.